The van der Waals surface area contributed by atoms with Gasteiger partial charge < -0.3 is 5.11 Å². The van der Waals surface area contributed by atoms with Crippen LogP contribution in [0.25, 0.3) is 0 Å². The maximum atomic E-state index is 12.9. The van der Waals surface area contributed by atoms with E-state index in [9.17, 15) is 18.3 Å². The molecule has 1 nitrogen and oxygen atoms in total. The van der Waals surface area contributed by atoms with Crippen LogP contribution in [0.5, 0.6) is 0 Å². The first-order valence-corrected chi connectivity index (χ1v) is 6.77. The van der Waals surface area contributed by atoms with Crippen LogP contribution in [0.15, 0.2) is 48.5 Å². The molecule has 0 saturated heterocycles. The summed E-state index contributed by atoms with van der Waals surface area (Å²) in [7, 11) is 0. The van der Waals surface area contributed by atoms with Gasteiger partial charge in [-0.3, -0.25) is 0 Å². The number of rotatable bonds is 4. The second-order valence-corrected chi connectivity index (χ2v) is 5.13. The molecule has 0 aliphatic heterocycles. The van der Waals surface area contributed by atoms with Crippen LogP contribution in [0.1, 0.15) is 34.8 Å². The summed E-state index contributed by atoms with van der Waals surface area (Å²) in [6, 6.07) is 12.9. The molecule has 0 heterocycles. The molecular weight excluding hydrogens is 277 g/mol. The fourth-order valence-corrected chi connectivity index (χ4v) is 2.26. The minimum Gasteiger partial charge on any atom is -0.388 e. The Morgan fingerprint density at radius 1 is 1.00 bits per heavy atom. The number of alkyl halides is 3. The molecule has 1 N–H and O–H groups in total. The molecule has 0 amide bonds. The molecule has 2 aromatic carbocycles. The third kappa shape index (κ3) is 4.08. The van der Waals surface area contributed by atoms with Crippen molar-refractivity contribution >= 4 is 0 Å². The molecular formula is C17H17F3O. The zero-order valence-corrected chi connectivity index (χ0v) is 11.7. The Labute approximate surface area is 122 Å². The molecule has 1 unspecified atom stereocenters. The smallest absolute Gasteiger partial charge is 0.388 e. The minimum atomic E-state index is -4.44. The maximum Gasteiger partial charge on any atom is 0.416 e. The maximum absolute atomic E-state index is 12.9. The molecule has 0 bridgehead atoms. The zero-order chi connectivity index (χ0) is 15.5. The standard InChI is InChI=1S/C17H17F3O/c1-12-6-8-13(9-7-12)10-11-16(21)14-4-2-3-5-15(14)17(18,19)20/h2-9,16,21H,10-11H2,1H3. The Morgan fingerprint density at radius 3 is 2.24 bits per heavy atom. The van der Waals surface area contributed by atoms with Gasteiger partial charge in [0.1, 0.15) is 0 Å². The topological polar surface area (TPSA) is 20.2 Å². The van der Waals surface area contributed by atoms with Gasteiger partial charge in [0.25, 0.3) is 0 Å². The summed E-state index contributed by atoms with van der Waals surface area (Å²) in [4.78, 5) is 0. The van der Waals surface area contributed by atoms with E-state index in [0.29, 0.717) is 6.42 Å². The van der Waals surface area contributed by atoms with Gasteiger partial charge in [0.15, 0.2) is 0 Å². The molecule has 2 rings (SSSR count). The lowest BCUT2D eigenvalue weighted by molar-refractivity contribution is -0.139. The molecule has 0 radical (unpaired) electrons. The normalized spacial score (nSPS) is 13.2. The Balaban J connectivity index is 2.10. The highest BCUT2D eigenvalue weighted by Gasteiger charge is 2.34. The van der Waals surface area contributed by atoms with Crippen LogP contribution >= 0.6 is 0 Å². The summed E-state index contributed by atoms with van der Waals surface area (Å²) in [5.41, 5.74) is 1.31. The summed E-state index contributed by atoms with van der Waals surface area (Å²) in [6.07, 6.45) is -4.77. The Morgan fingerprint density at radius 2 is 1.62 bits per heavy atom. The third-order valence-electron chi connectivity index (χ3n) is 3.45. The quantitative estimate of drug-likeness (QED) is 0.868. The van der Waals surface area contributed by atoms with Crippen molar-refractivity contribution in [3.63, 3.8) is 0 Å². The monoisotopic (exact) mass is 294 g/mol. The van der Waals surface area contributed by atoms with Gasteiger partial charge in [0, 0.05) is 0 Å². The van der Waals surface area contributed by atoms with Crippen molar-refractivity contribution in [2.45, 2.75) is 32.0 Å². The number of hydrogen-bond donors (Lipinski definition) is 1. The van der Waals surface area contributed by atoms with Gasteiger partial charge in [0.05, 0.1) is 11.7 Å². The van der Waals surface area contributed by atoms with Crippen molar-refractivity contribution in [3.05, 3.63) is 70.8 Å². The van der Waals surface area contributed by atoms with Crippen molar-refractivity contribution in [1.29, 1.82) is 0 Å². The van der Waals surface area contributed by atoms with Crippen molar-refractivity contribution in [3.8, 4) is 0 Å². The predicted octanol–water partition coefficient (Wildman–Crippen LogP) is 4.68. The Bertz CT molecular complexity index is 588. The van der Waals surface area contributed by atoms with E-state index in [1.807, 2.05) is 31.2 Å². The van der Waals surface area contributed by atoms with E-state index in [0.717, 1.165) is 17.2 Å². The van der Waals surface area contributed by atoms with Crippen molar-refractivity contribution < 1.29 is 18.3 Å². The molecule has 0 fully saturated rings. The van der Waals surface area contributed by atoms with Gasteiger partial charge >= 0.3 is 6.18 Å². The second-order valence-electron chi connectivity index (χ2n) is 5.13. The van der Waals surface area contributed by atoms with E-state index in [2.05, 4.69) is 0 Å². The predicted molar refractivity (Wildman–Crippen MR) is 75.9 cm³/mol. The number of halogens is 3. The van der Waals surface area contributed by atoms with E-state index in [-0.39, 0.29) is 12.0 Å². The highest BCUT2D eigenvalue weighted by Crippen LogP contribution is 2.35. The molecule has 1 atom stereocenters. The minimum absolute atomic E-state index is 0.0582. The molecule has 0 aliphatic rings. The first-order valence-electron chi connectivity index (χ1n) is 6.77. The fourth-order valence-electron chi connectivity index (χ4n) is 2.26. The van der Waals surface area contributed by atoms with Gasteiger partial charge in [-0.2, -0.15) is 13.2 Å². The van der Waals surface area contributed by atoms with Gasteiger partial charge in [0.2, 0.25) is 0 Å². The second kappa shape index (κ2) is 6.31. The van der Waals surface area contributed by atoms with Crippen LogP contribution in [0.3, 0.4) is 0 Å². The summed E-state index contributed by atoms with van der Waals surface area (Å²) in [5, 5.41) is 10.1. The summed E-state index contributed by atoms with van der Waals surface area (Å²) in [5.74, 6) is 0. The summed E-state index contributed by atoms with van der Waals surface area (Å²) >= 11 is 0. The lowest BCUT2D eigenvalue weighted by Crippen LogP contribution is -2.12. The van der Waals surface area contributed by atoms with Crippen LogP contribution in [-0.4, -0.2) is 5.11 Å². The van der Waals surface area contributed by atoms with Crippen LogP contribution in [-0.2, 0) is 12.6 Å². The van der Waals surface area contributed by atoms with E-state index >= 15 is 0 Å². The third-order valence-corrected chi connectivity index (χ3v) is 3.45. The number of aliphatic hydroxyl groups excluding tert-OH is 1. The first kappa shape index (κ1) is 15.6. The lowest BCUT2D eigenvalue weighted by Gasteiger charge is -2.17. The average molecular weight is 294 g/mol. The van der Waals surface area contributed by atoms with Gasteiger partial charge in [-0.05, 0) is 37.0 Å². The molecule has 4 heteroatoms. The van der Waals surface area contributed by atoms with Gasteiger partial charge in [-0.25, -0.2) is 0 Å². The van der Waals surface area contributed by atoms with Crippen LogP contribution in [0.2, 0.25) is 0 Å². The fraction of sp³-hybridized carbons (Fsp3) is 0.294. The lowest BCUT2D eigenvalue weighted by atomic mass is 9.96. The average Bonchev–Trinajstić information content (AvgIpc) is 2.45. The van der Waals surface area contributed by atoms with E-state index in [1.165, 1.54) is 18.2 Å². The molecule has 0 aromatic heterocycles. The Kier molecular flexibility index (Phi) is 4.68. The van der Waals surface area contributed by atoms with Gasteiger partial charge in [-0.1, -0.05) is 48.0 Å². The van der Waals surface area contributed by atoms with Crippen molar-refractivity contribution in [1.82, 2.24) is 0 Å². The molecule has 0 aliphatic carbocycles. The van der Waals surface area contributed by atoms with Crippen LogP contribution in [0, 0.1) is 6.92 Å². The highest BCUT2D eigenvalue weighted by atomic mass is 19.4. The first-order chi connectivity index (χ1) is 9.88. The zero-order valence-electron chi connectivity index (χ0n) is 11.7. The Hall–Kier alpha value is -1.81. The molecule has 112 valence electrons. The molecule has 2 aromatic rings. The van der Waals surface area contributed by atoms with Gasteiger partial charge in [-0.15, -0.1) is 0 Å². The summed E-state index contributed by atoms with van der Waals surface area (Å²) in [6.45, 7) is 1.97. The largest absolute Gasteiger partial charge is 0.416 e. The van der Waals surface area contributed by atoms with Crippen LogP contribution in [0.4, 0.5) is 13.2 Å². The number of hydrogen-bond acceptors (Lipinski definition) is 1. The highest BCUT2D eigenvalue weighted by molar-refractivity contribution is 5.31. The molecule has 0 spiro atoms. The molecule has 0 saturated carbocycles. The number of benzene rings is 2. The van der Waals surface area contributed by atoms with Crippen LogP contribution < -0.4 is 0 Å². The van der Waals surface area contributed by atoms with E-state index in [4.69, 9.17) is 0 Å². The number of aliphatic hydroxyl groups is 1. The van der Waals surface area contributed by atoms with E-state index in [1.54, 1.807) is 0 Å². The summed E-state index contributed by atoms with van der Waals surface area (Å²) < 4.78 is 38.7. The van der Waals surface area contributed by atoms with Crippen molar-refractivity contribution in [2.75, 3.05) is 0 Å². The number of aryl methyl sites for hydroxylation is 2. The van der Waals surface area contributed by atoms with Crippen molar-refractivity contribution in [2.24, 2.45) is 0 Å². The molecule has 21 heavy (non-hydrogen) atoms. The van der Waals surface area contributed by atoms with E-state index < -0.39 is 17.8 Å². The SMILES string of the molecule is Cc1ccc(CCC(O)c2ccccc2C(F)(F)F)cc1.